The minimum atomic E-state index is -1.82. The highest BCUT2D eigenvalue weighted by atomic mass is 16.6. The second-order valence-electron chi connectivity index (χ2n) is 6.14. The van der Waals surface area contributed by atoms with Gasteiger partial charge in [-0.2, -0.15) is 0 Å². The number of carboxylic acid groups (broad SMARTS) is 2. The van der Waals surface area contributed by atoms with Crippen LogP contribution in [0.3, 0.4) is 0 Å². The first-order valence-electron chi connectivity index (χ1n) is 8.45. The van der Waals surface area contributed by atoms with Crippen LogP contribution < -0.4 is 10.6 Å². The van der Waals surface area contributed by atoms with Crippen LogP contribution in [-0.4, -0.2) is 58.8 Å². The molecule has 0 aromatic heterocycles. The Kier molecular flexibility index (Phi) is 8.99. The molecule has 1 saturated heterocycles. The van der Waals surface area contributed by atoms with Gasteiger partial charge in [-0.1, -0.05) is 0 Å². The fourth-order valence-electron chi connectivity index (χ4n) is 2.40. The number of nitro benzene ring substituents is 1. The van der Waals surface area contributed by atoms with E-state index in [2.05, 4.69) is 10.6 Å². The van der Waals surface area contributed by atoms with Gasteiger partial charge >= 0.3 is 11.9 Å². The van der Waals surface area contributed by atoms with E-state index in [0.717, 1.165) is 30.6 Å². The number of nitrogens with zero attached hydrogens (tertiary/aromatic N) is 1. The van der Waals surface area contributed by atoms with Crippen LogP contribution in [0.1, 0.15) is 24.0 Å². The van der Waals surface area contributed by atoms with E-state index in [1.807, 2.05) is 6.92 Å². The summed E-state index contributed by atoms with van der Waals surface area (Å²) in [4.78, 5) is 40.7. The zero-order valence-electron chi connectivity index (χ0n) is 15.6. The predicted molar refractivity (Wildman–Crippen MR) is 98.3 cm³/mol. The summed E-state index contributed by atoms with van der Waals surface area (Å²) in [5.74, 6) is -3.95. The van der Waals surface area contributed by atoms with E-state index in [-0.39, 0.29) is 29.9 Å². The molecule has 2 rings (SSSR count). The second-order valence-corrected chi connectivity index (χ2v) is 6.14. The number of carbonyl (C=O) groups is 3. The highest BCUT2D eigenvalue weighted by molar-refractivity contribution is 6.27. The summed E-state index contributed by atoms with van der Waals surface area (Å²) in [5, 5.41) is 31.5. The molecule has 4 N–H and O–H groups in total. The van der Waals surface area contributed by atoms with Gasteiger partial charge in [-0.25, -0.2) is 9.59 Å². The van der Waals surface area contributed by atoms with E-state index in [1.54, 1.807) is 13.0 Å². The van der Waals surface area contributed by atoms with Crippen LogP contribution in [0.25, 0.3) is 0 Å². The lowest BCUT2D eigenvalue weighted by Gasteiger charge is -2.12. The van der Waals surface area contributed by atoms with Crippen molar-refractivity contribution in [3.63, 3.8) is 0 Å². The number of carbonyl (C=O) groups excluding carboxylic acids is 1. The maximum Gasteiger partial charge on any atom is 0.414 e. The third kappa shape index (κ3) is 7.68. The van der Waals surface area contributed by atoms with Crippen molar-refractivity contribution in [2.45, 2.75) is 32.8 Å². The van der Waals surface area contributed by atoms with Crippen LogP contribution in [0, 0.1) is 24.0 Å². The summed E-state index contributed by atoms with van der Waals surface area (Å²) in [7, 11) is 0. The average molecular weight is 397 g/mol. The molecule has 0 saturated carbocycles. The number of aliphatic carboxylic acids is 2. The summed E-state index contributed by atoms with van der Waals surface area (Å²) in [6.07, 6.45) is 2.20. The molecule has 11 nitrogen and oxygen atoms in total. The zero-order chi connectivity index (χ0) is 21.3. The van der Waals surface area contributed by atoms with Crippen molar-refractivity contribution >= 4 is 29.2 Å². The number of hydrogen-bond acceptors (Lipinski definition) is 7. The standard InChI is InChI=1S/C15H21N3O4.C2H2O4/c1-10-6-13(14(18(20)21)7-11(10)2)17-15(19)9-16-8-12-4-3-5-22-12;3-1(4)2(5)6/h6-7,12,16H,3-5,8-9H2,1-2H3,(H,17,19);(H,3,4)(H,5,6). The van der Waals surface area contributed by atoms with Gasteiger partial charge in [0.25, 0.3) is 5.69 Å². The highest BCUT2D eigenvalue weighted by Gasteiger charge is 2.18. The van der Waals surface area contributed by atoms with Crippen LogP contribution in [-0.2, 0) is 19.1 Å². The molecule has 1 heterocycles. The number of aryl methyl sites for hydroxylation is 2. The Hall–Kier alpha value is -3.05. The molecule has 0 bridgehead atoms. The molecule has 28 heavy (non-hydrogen) atoms. The summed E-state index contributed by atoms with van der Waals surface area (Å²) < 4.78 is 5.45. The van der Waals surface area contributed by atoms with Crippen LogP contribution >= 0.6 is 0 Å². The number of rotatable bonds is 6. The van der Waals surface area contributed by atoms with Gasteiger partial charge in [0.15, 0.2) is 0 Å². The smallest absolute Gasteiger partial charge is 0.414 e. The van der Waals surface area contributed by atoms with Crippen molar-refractivity contribution in [1.82, 2.24) is 5.32 Å². The molecule has 1 aromatic rings. The lowest BCUT2D eigenvalue weighted by Crippen LogP contribution is -2.33. The minimum Gasteiger partial charge on any atom is -0.473 e. The number of amides is 1. The van der Waals surface area contributed by atoms with Gasteiger partial charge in [0, 0.05) is 19.2 Å². The van der Waals surface area contributed by atoms with E-state index < -0.39 is 16.9 Å². The first kappa shape index (κ1) is 23.0. The third-order valence-corrected chi connectivity index (χ3v) is 3.95. The van der Waals surface area contributed by atoms with Crippen molar-refractivity contribution in [2.24, 2.45) is 0 Å². The number of carboxylic acids is 2. The van der Waals surface area contributed by atoms with E-state index >= 15 is 0 Å². The molecule has 1 fully saturated rings. The van der Waals surface area contributed by atoms with Gasteiger partial charge in [0.2, 0.25) is 5.91 Å². The molecule has 1 aliphatic heterocycles. The van der Waals surface area contributed by atoms with E-state index in [9.17, 15) is 14.9 Å². The number of nitrogens with one attached hydrogen (secondary N) is 2. The zero-order valence-corrected chi connectivity index (χ0v) is 15.6. The van der Waals surface area contributed by atoms with E-state index in [1.165, 1.54) is 6.07 Å². The normalized spacial score (nSPS) is 15.3. The molecule has 1 unspecified atom stereocenters. The van der Waals surface area contributed by atoms with Gasteiger partial charge < -0.3 is 25.6 Å². The van der Waals surface area contributed by atoms with Gasteiger partial charge in [0.05, 0.1) is 17.6 Å². The maximum absolute atomic E-state index is 11.9. The summed E-state index contributed by atoms with van der Waals surface area (Å²) in [5.41, 5.74) is 1.86. The quantitative estimate of drug-likeness (QED) is 0.312. The number of ether oxygens (including phenoxy) is 1. The topological polar surface area (TPSA) is 168 Å². The molecular weight excluding hydrogens is 374 g/mol. The second kappa shape index (κ2) is 10.9. The maximum atomic E-state index is 11.9. The molecule has 0 spiro atoms. The summed E-state index contributed by atoms with van der Waals surface area (Å²) >= 11 is 0. The number of benzene rings is 1. The Morgan fingerprint density at radius 1 is 1.21 bits per heavy atom. The Labute approximate surface area is 160 Å². The molecule has 11 heteroatoms. The van der Waals surface area contributed by atoms with Crippen LogP contribution in [0.4, 0.5) is 11.4 Å². The van der Waals surface area contributed by atoms with E-state index in [4.69, 9.17) is 24.5 Å². The molecule has 154 valence electrons. The Bertz CT molecular complexity index is 732. The molecule has 1 aromatic carbocycles. The lowest BCUT2D eigenvalue weighted by molar-refractivity contribution is -0.384. The molecular formula is C17H23N3O8. The highest BCUT2D eigenvalue weighted by Crippen LogP contribution is 2.27. The van der Waals surface area contributed by atoms with Crippen LogP contribution in [0.15, 0.2) is 12.1 Å². The number of anilines is 1. The molecule has 0 radical (unpaired) electrons. The van der Waals surface area contributed by atoms with Crippen molar-refractivity contribution in [2.75, 3.05) is 25.0 Å². The Balaban J connectivity index is 0.000000568. The number of hydrogen-bond donors (Lipinski definition) is 4. The van der Waals surface area contributed by atoms with Crippen LogP contribution in [0.2, 0.25) is 0 Å². The molecule has 0 aliphatic carbocycles. The van der Waals surface area contributed by atoms with Crippen molar-refractivity contribution in [3.8, 4) is 0 Å². The molecule has 1 amide bonds. The van der Waals surface area contributed by atoms with Crippen molar-refractivity contribution in [3.05, 3.63) is 33.4 Å². The first-order valence-corrected chi connectivity index (χ1v) is 8.45. The fraction of sp³-hybridized carbons (Fsp3) is 0.471. The van der Waals surface area contributed by atoms with Crippen molar-refractivity contribution < 1.29 is 34.3 Å². The monoisotopic (exact) mass is 397 g/mol. The average Bonchev–Trinajstić information content (AvgIpc) is 3.11. The summed E-state index contributed by atoms with van der Waals surface area (Å²) in [6.45, 7) is 5.14. The minimum absolute atomic E-state index is 0.0874. The first-order chi connectivity index (χ1) is 13.1. The lowest BCUT2D eigenvalue weighted by atomic mass is 10.1. The third-order valence-electron chi connectivity index (χ3n) is 3.95. The van der Waals surface area contributed by atoms with Crippen LogP contribution in [0.5, 0.6) is 0 Å². The summed E-state index contributed by atoms with van der Waals surface area (Å²) in [6, 6.07) is 3.11. The van der Waals surface area contributed by atoms with Gasteiger partial charge in [-0.15, -0.1) is 0 Å². The van der Waals surface area contributed by atoms with Gasteiger partial charge in [-0.05, 0) is 43.9 Å². The fourth-order valence-corrected chi connectivity index (χ4v) is 2.40. The molecule has 1 atom stereocenters. The SMILES string of the molecule is Cc1cc(NC(=O)CNCC2CCCO2)c([N+](=O)[O-])cc1C.O=C(O)C(=O)O. The number of nitro groups is 1. The van der Waals surface area contributed by atoms with Crippen molar-refractivity contribution in [1.29, 1.82) is 0 Å². The Morgan fingerprint density at radius 3 is 2.32 bits per heavy atom. The molecule has 1 aliphatic rings. The van der Waals surface area contributed by atoms with E-state index in [0.29, 0.717) is 6.54 Å². The Morgan fingerprint density at radius 2 is 1.82 bits per heavy atom. The van der Waals surface area contributed by atoms with Gasteiger partial charge in [-0.3, -0.25) is 14.9 Å². The predicted octanol–water partition coefficient (Wildman–Crippen LogP) is 1.07. The largest absolute Gasteiger partial charge is 0.473 e. The van der Waals surface area contributed by atoms with Gasteiger partial charge in [0.1, 0.15) is 5.69 Å².